The minimum absolute atomic E-state index is 0.113. The summed E-state index contributed by atoms with van der Waals surface area (Å²) in [5.41, 5.74) is 5.10. The van der Waals surface area contributed by atoms with Crippen LogP contribution in [0.5, 0.6) is 0 Å². The Labute approximate surface area is 195 Å². The largest absolute Gasteiger partial charge is 0.310 e. The number of hydrogen-bond donors (Lipinski definition) is 0. The lowest BCUT2D eigenvalue weighted by atomic mass is 10.0. The highest BCUT2D eigenvalue weighted by molar-refractivity contribution is 5.94. The van der Waals surface area contributed by atoms with Crippen LogP contribution in [0.2, 0.25) is 0 Å². The summed E-state index contributed by atoms with van der Waals surface area (Å²) < 4.78 is 3.81. The molecule has 0 saturated heterocycles. The molecule has 2 aromatic carbocycles. The highest BCUT2D eigenvalue weighted by Gasteiger charge is 2.22. The second-order valence-electron chi connectivity index (χ2n) is 8.26. The fourth-order valence-electron chi connectivity index (χ4n) is 4.21. The van der Waals surface area contributed by atoms with Gasteiger partial charge in [0.2, 0.25) is 0 Å². The highest BCUT2D eigenvalue weighted by Crippen LogP contribution is 2.37. The second kappa shape index (κ2) is 8.30. The number of benzene rings is 2. The molecule has 0 fully saturated rings. The molecule has 0 bridgehead atoms. The molecule has 3 heterocycles. The Morgan fingerprint density at radius 3 is 2.65 bits per heavy atom. The fraction of sp³-hybridized carbons (Fsp3) is 0.115. The number of imidazole rings is 1. The molecule has 0 saturated carbocycles. The second-order valence-corrected chi connectivity index (χ2v) is 8.26. The third-order valence-corrected chi connectivity index (χ3v) is 5.84. The van der Waals surface area contributed by atoms with E-state index in [1.807, 2.05) is 57.9 Å². The van der Waals surface area contributed by atoms with Gasteiger partial charge in [0.05, 0.1) is 39.8 Å². The molecule has 0 N–H and O–H groups in total. The first-order valence-electron chi connectivity index (χ1n) is 10.8. The van der Waals surface area contributed by atoms with Crippen LogP contribution in [0.15, 0.2) is 79.6 Å². The van der Waals surface area contributed by atoms with Crippen LogP contribution in [-0.4, -0.2) is 24.0 Å². The number of fused-ring (bicyclic) bond motifs is 1. The summed E-state index contributed by atoms with van der Waals surface area (Å²) in [7, 11) is 0. The van der Waals surface area contributed by atoms with Crippen LogP contribution in [0.25, 0.3) is 33.5 Å². The highest BCUT2D eigenvalue weighted by atomic mass is 16.6. The molecule has 8 heteroatoms. The topological polar surface area (TPSA) is 103 Å². The van der Waals surface area contributed by atoms with Crippen LogP contribution in [0, 0.1) is 21.4 Å². The summed E-state index contributed by atoms with van der Waals surface area (Å²) in [5.74, 6) is 0.170. The third-order valence-electron chi connectivity index (χ3n) is 5.84. The summed E-state index contributed by atoms with van der Waals surface area (Å²) >= 11 is 0. The van der Waals surface area contributed by atoms with Crippen molar-refractivity contribution in [3.63, 3.8) is 0 Å². The molecule has 0 radical (unpaired) electrons. The zero-order valence-corrected chi connectivity index (χ0v) is 18.6. The van der Waals surface area contributed by atoms with Gasteiger partial charge in [0.25, 0.3) is 5.69 Å². The van der Waals surface area contributed by atoms with E-state index >= 15 is 0 Å². The van der Waals surface area contributed by atoms with Crippen LogP contribution in [0.1, 0.15) is 30.9 Å². The summed E-state index contributed by atoms with van der Waals surface area (Å²) in [6.07, 6.45) is 9.17. The molecular weight excluding hydrogens is 428 g/mol. The van der Waals surface area contributed by atoms with E-state index in [2.05, 4.69) is 23.8 Å². The maximum absolute atomic E-state index is 11.8. The maximum atomic E-state index is 11.8. The van der Waals surface area contributed by atoms with Crippen LogP contribution in [0.4, 0.5) is 5.69 Å². The number of nitriles is 1. The smallest absolute Gasteiger partial charge is 0.294 e. The number of pyridine rings is 1. The Kier molecular flexibility index (Phi) is 5.15. The van der Waals surface area contributed by atoms with Crippen molar-refractivity contribution in [3.05, 3.63) is 101 Å². The zero-order valence-electron chi connectivity index (χ0n) is 18.6. The molecule has 166 valence electrons. The molecule has 0 unspecified atom stereocenters. The van der Waals surface area contributed by atoms with E-state index in [-0.39, 0.29) is 17.2 Å². The van der Waals surface area contributed by atoms with Crippen molar-refractivity contribution >= 4 is 16.6 Å². The van der Waals surface area contributed by atoms with Gasteiger partial charge in [-0.3, -0.25) is 15.1 Å². The van der Waals surface area contributed by atoms with Crippen LogP contribution in [0.3, 0.4) is 0 Å². The Hall–Kier alpha value is -4.77. The van der Waals surface area contributed by atoms with Crippen molar-refractivity contribution in [3.8, 4) is 28.7 Å². The number of aromatic nitrogens is 4. The van der Waals surface area contributed by atoms with Crippen molar-refractivity contribution in [1.82, 2.24) is 19.1 Å². The predicted molar refractivity (Wildman–Crippen MR) is 129 cm³/mol. The number of nitro groups is 1. The zero-order chi connectivity index (χ0) is 23.8. The first-order chi connectivity index (χ1) is 16.5. The lowest BCUT2D eigenvalue weighted by molar-refractivity contribution is -0.384. The summed E-state index contributed by atoms with van der Waals surface area (Å²) in [6.45, 7) is 4.19. The molecule has 3 aromatic heterocycles. The van der Waals surface area contributed by atoms with Gasteiger partial charge in [-0.05, 0) is 47.9 Å². The minimum atomic E-state index is -0.447. The quantitative estimate of drug-likeness (QED) is 0.250. The van der Waals surface area contributed by atoms with Gasteiger partial charge in [-0.1, -0.05) is 19.9 Å². The van der Waals surface area contributed by atoms with Crippen molar-refractivity contribution in [2.24, 2.45) is 0 Å². The first kappa shape index (κ1) is 21.1. The molecule has 0 amide bonds. The molecule has 0 aliphatic rings. The third kappa shape index (κ3) is 3.49. The lowest BCUT2D eigenvalue weighted by Gasteiger charge is -2.10. The van der Waals surface area contributed by atoms with Gasteiger partial charge in [0.15, 0.2) is 0 Å². The van der Waals surface area contributed by atoms with Gasteiger partial charge < -0.3 is 9.13 Å². The van der Waals surface area contributed by atoms with E-state index in [4.69, 9.17) is 0 Å². The summed E-state index contributed by atoms with van der Waals surface area (Å²) in [5, 5.41) is 22.0. The molecular formula is C26H20N6O2. The normalized spacial score (nSPS) is 11.1. The summed E-state index contributed by atoms with van der Waals surface area (Å²) in [6, 6.07) is 16.2. The number of rotatable bonds is 5. The van der Waals surface area contributed by atoms with Gasteiger partial charge in [-0.25, -0.2) is 4.98 Å². The molecule has 0 aliphatic heterocycles. The van der Waals surface area contributed by atoms with Gasteiger partial charge >= 0.3 is 0 Å². The van der Waals surface area contributed by atoms with E-state index in [1.54, 1.807) is 30.9 Å². The van der Waals surface area contributed by atoms with E-state index in [9.17, 15) is 15.4 Å². The summed E-state index contributed by atoms with van der Waals surface area (Å²) in [4.78, 5) is 20.1. The Morgan fingerprint density at radius 1 is 1.09 bits per heavy atom. The average molecular weight is 448 g/mol. The van der Waals surface area contributed by atoms with Gasteiger partial charge in [0.1, 0.15) is 5.69 Å². The molecule has 5 aromatic rings. The van der Waals surface area contributed by atoms with Crippen LogP contribution in [-0.2, 0) is 0 Å². The van der Waals surface area contributed by atoms with Gasteiger partial charge in [-0.2, -0.15) is 5.26 Å². The molecule has 0 atom stereocenters. The first-order valence-corrected chi connectivity index (χ1v) is 10.8. The number of nitro benzene ring substituents is 1. The van der Waals surface area contributed by atoms with Crippen molar-refractivity contribution in [2.75, 3.05) is 0 Å². The van der Waals surface area contributed by atoms with Gasteiger partial charge in [-0.15, -0.1) is 0 Å². The monoisotopic (exact) mass is 448 g/mol. The van der Waals surface area contributed by atoms with Crippen molar-refractivity contribution in [1.29, 1.82) is 5.26 Å². The molecule has 34 heavy (non-hydrogen) atoms. The van der Waals surface area contributed by atoms with Gasteiger partial charge in [0, 0.05) is 41.8 Å². The number of hydrogen-bond acceptors (Lipinski definition) is 5. The Morgan fingerprint density at radius 2 is 1.94 bits per heavy atom. The van der Waals surface area contributed by atoms with E-state index in [1.165, 1.54) is 6.07 Å². The maximum Gasteiger partial charge on any atom is 0.294 e. The fourth-order valence-corrected chi connectivity index (χ4v) is 4.21. The molecule has 0 aliphatic carbocycles. The predicted octanol–water partition coefficient (Wildman–Crippen LogP) is 5.78. The van der Waals surface area contributed by atoms with Crippen LogP contribution >= 0.6 is 0 Å². The molecule has 5 rings (SSSR count). The minimum Gasteiger partial charge on any atom is -0.310 e. The van der Waals surface area contributed by atoms with Crippen molar-refractivity contribution < 1.29 is 4.92 Å². The average Bonchev–Trinajstić information content (AvgIpc) is 3.50. The number of nitrogens with zero attached hydrogens (tertiary/aromatic N) is 6. The van der Waals surface area contributed by atoms with E-state index < -0.39 is 4.92 Å². The molecule has 0 spiro atoms. The Bertz CT molecular complexity index is 1570. The van der Waals surface area contributed by atoms with E-state index in [0.717, 1.165) is 33.4 Å². The SMILES string of the molecule is CC(C)c1cn(-c2ccc(C#N)cc2[N+](=O)[O-])c2cccc(-n3cnc(-c4cccnc4)c3)c12. The molecule has 8 nitrogen and oxygen atoms in total. The Balaban J connectivity index is 1.74. The van der Waals surface area contributed by atoms with E-state index in [0.29, 0.717) is 5.69 Å². The van der Waals surface area contributed by atoms with Crippen LogP contribution < -0.4 is 0 Å². The standard InChI is InChI=1S/C26H20N6O2/c1-17(2)20-14-31(22-9-8-18(12-27)11-25(22)32(33)34)24-7-3-6-23(26(20)24)30-15-21(29-16-30)19-5-4-10-28-13-19/h3-11,13-17H,1-2H3. The van der Waals surface area contributed by atoms with Crippen molar-refractivity contribution in [2.45, 2.75) is 19.8 Å². The lowest BCUT2D eigenvalue weighted by Crippen LogP contribution is -2.00.